The zero-order chi connectivity index (χ0) is 13.0. The lowest BCUT2D eigenvalue weighted by Gasteiger charge is -2.09. The van der Waals surface area contributed by atoms with Gasteiger partial charge in [-0.05, 0) is 35.7 Å². The number of hydrogen-bond donors (Lipinski definition) is 3. The smallest absolute Gasteiger partial charge is 0.267 e. The minimum absolute atomic E-state index is 0.0951. The Hall–Kier alpha value is -2.07. The van der Waals surface area contributed by atoms with Crippen LogP contribution in [0.5, 0.6) is 0 Å². The lowest BCUT2D eigenvalue weighted by atomic mass is 10.1. The van der Waals surface area contributed by atoms with E-state index < -0.39 is 0 Å². The van der Waals surface area contributed by atoms with Crippen LogP contribution in [0, 0.1) is 6.92 Å². The van der Waals surface area contributed by atoms with Crippen molar-refractivity contribution in [2.24, 2.45) is 5.73 Å². The molecule has 18 heavy (non-hydrogen) atoms. The number of nitrogens with one attached hydrogen (secondary N) is 2. The van der Waals surface area contributed by atoms with Gasteiger partial charge in [0.2, 0.25) is 0 Å². The minimum atomic E-state index is -0.0951. The number of aromatic amines is 1. The molecule has 94 valence electrons. The quantitative estimate of drug-likeness (QED) is 0.765. The maximum atomic E-state index is 11.8. The molecule has 0 saturated heterocycles. The van der Waals surface area contributed by atoms with E-state index in [1.807, 2.05) is 19.1 Å². The van der Waals surface area contributed by atoms with Crippen molar-refractivity contribution in [3.63, 3.8) is 0 Å². The van der Waals surface area contributed by atoms with E-state index in [9.17, 15) is 4.79 Å². The highest BCUT2D eigenvalue weighted by Crippen LogP contribution is 2.10. The highest BCUT2D eigenvalue weighted by atomic mass is 16.1. The summed E-state index contributed by atoms with van der Waals surface area (Å²) >= 11 is 0. The van der Waals surface area contributed by atoms with Crippen molar-refractivity contribution >= 4 is 5.91 Å². The molecule has 0 radical (unpaired) electrons. The van der Waals surface area contributed by atoms with Crippen LogP contribution < -0.4 is 11.1 Å². The summed E-state index contributed by atoms with van der Waals surface area (Å²) in [5.74, 6) is -0.0951. The number of nitrogens with two attached hydrogens (primary N) is 1. The lowest BCUT2D eigenvalue weighted by molar-refractivity contribution is 0.0946. The third-order valence-corrected chi connectivity index (χ3v) is 2.92. The van der Waals surface area contributed by atoms with Crippen molar-refractivity contribution in [3.8, 4) is 0 Å². The summed E-state index contributed by atoms with van der Waals surface area (Å²) in [6.07, 6.45) is 1.73. The Kier molecular flexibility index (Phi) is 3.79. The van der Waals surface area contributed by atoms with Crippen molar-refractivity contribution in [1.29, 1.82) is 0 Å². The summed E-state index contributed by atoms with van der Waals surface area (Å²) in [5, 5.41) is 2.88. The van der Waals surface area contributed by atoms with Gasteiger partial charge in [0.15, 0.2) is 0 Å². The van der Waals surface area contributed by atoms with E-state index in [4.69, 9.17) is 5.73 Å². The monoisotopic (exact) mass is 243 g/mol. The topological polar surface area (TPSA) is 70.9 Å². The molecule has 4 N–H and O–H groups in total. The van der Waals surface area contributed by atoms with Crippen LogP contribution in [-0.2, 0) is 13.1 Å². The van der Waals surface area contributed by atoms with Crippen LogP contribution in [0.15, 0.2) is 36.5 Å². The molecule has 1 amide bonds. The van der Waals surface area contributed by atoms with Crippen molar-refractivity contribution in [2.45, 2.75) is 20.0 Å². The summed E-state index contributed by atoms with van der Waals surface area (Å²) < 4.78 is 0. The number of hydrogen-bond acceptors (Lipinski definition) is 2. The molecule has 0 aliphatic rings. The fourth-order valence-electron chi connectivity index (χ4n) is 1.83. The van der Waals surface area contributed by atoms with Gasteiger partial charge in [-0.2, -0.15) is 0 Å². The molecule has 0 atom stereocenters. The van der Waals surface area contributed by atoms with Gasteiger partial charge in [0, 0.05) is 19.3 Å². The van der Waals surface area contributed by atoms with Gasteiger partial charge < -0.3 is 16.0 Å². The van der Waals surface area contributed by atoms with E-state index >= 15 is 0 Å². The molecular formula is C14H17N3O. The fraction of sp³-hybridized carbons (Fsp3) is 0.214. The Balaban J connectivity index is 2.00. The summed E-state index contributed by atoms with van der Waals surface area (Å²) in [4.78, 5) is 14.6. The highest BCUT2D eigenvalue weighted by Gasteiger charge is 2.06. The van der Waals surface area contributed by atoms with E-state index in [1.165, 1.54) is 0 Å². The minimum Gasteiger partial charge on any atom is -0.357 e. The summed E-state index contributed by atoms with van der Waals surface area (Å²) in [7, 11) is 0. The number of benzene rings is 1. The average Bonchev–Trinajstić information content (AvgIpc) is 2.90. The molecular weight excluding hydrogens is 226 g/mol. The van der Waals surface area contributed by atoms with Gasteiger partial charge in [-0.15, -0.1) is 0 Å². The van der Waals surface area contributed by atoms with Crippen LogP contribution >= 0.6 is 0 Å². The molecule has 0 aliphatic heterocycles. The number of rotatable bonds is 4. The van der Waals surface area contributed by atoms with Crippen molar-refractivity contribution < 1.29 is 4.79 Å². The normalized spacial score (nSPS) is 10.3. The Morgan fingerprint density at radius 3 is 2.83 bits per heavy atom. The predicted octanol–water partition coefficient (Wildman–Crippen LogP) is 1.71. The van der Waals surface area contributed by atoms with Crippen LogP contribution in [-0.4, -0.2) is 10.9 Å². The number of carbonyl (C=O) groups is 1. The van der Waals surface area contributed by atoms with Crippen LogP contribution in [0.25, 0.3) is 0 Å². The summed E-state index contributed by atoms with van der Waals surface area (Å²) in [6.45, 7) is 3.08. The first-order valence-corrected chi connectivity index (χ1v) is 5.91. The molecule has 0 spiro atoms. The predicted molar refractivity (Wildman–Crippen MR) is 71.0 cm³/mol. The van der Waals surface area contributed by atoms with Gasteiger partial charge in [-0.3, -0.25) is 4.79 Å². The second-order valence-corrected chi connectivity index (χ2v) is 4.23. The summed E-state index contributed by atoms with van der Waals surface area (Å²) in [6, 6.07) is 9.60. The first-order chi connectivity index (χ1) is 8.70. The number of carbonyl (C=O) groups excluding carboxylic acids is 1. The van der Waals surface area contributed by atoms with Gasteiger partial charge in [0.1, 0.15) is 5.69 Å². The lowest BCUT2D eigenvalue weighted by Crippen LogP contribution is -2.23. The van der Waals surface area contributed by atoms with E-state index in [1.54, 1.807) is 18.3 Å². The Morgan fingerprint density at radius 1 is 1.39 bits per heavy atom. The van der Waals surface area contributed by atoms with Crippen molar-refractivity contribution in [2.75, 3.05) is 0 Å². The molecule has 4 nitrogen and oxygen atoms in total. The second-order valence-electron chi connectivity index (χ2n) is 4.23. The zero-order valence-electron chi connectivity index (χ0n) is 10.4. The first-order valence-electron chi connectivity index (χ1n) is 5.91. The van der Waals surface area contributed by atoms with E-state index in [2.05, 4.69) is 16.4 Å². The number of aromatic nitrogens is 1. The largest absolute Gasteiger partial charge is 0.357 e. The fourth-order valence-corrected chi connectivity index (χ4v) is 1.83. The molecule has 2 aromatic rings. The third-order valence-electron chi connectivity index (χ3n) is 2.92. The van der Waals surface area contributed by atoms with Crippen molar-refractivity contribution in [3.05, 3.63) is 58.9 Å². The zero-order valence-corrected chi connectivity index (χ0v) is 10.4. The van der Waals surface area contributed by atoms with Crippen LogP contribution in [0.3, 0.4) is 0 Å². The molecule has 0 aliphatic carbocycles. The van der Waals surface area contributed by atoms with Crippen molar-refractivity contribution in [1.82, 2.24) is 10.3 Å². The molecule has 4 heteroatoms. The first kappa shape index (κ1) is 12.4. The molecule has 2 rings (SSSR count). The van der Waals surface area contributed by atoms with E-state index in [-0.39, 0.29) is 5.91 Å². The highest BCUT2D eigenvalue weighted by molar-refractivity contribution is 5.92. The number of H-pyrrole nitrogens is 1. The molecule has 1 aromatic heterocycles. The Labute approximate surface area is 106 Å². The van der Waals surface area contributed by atoms with E-state index in [0.29, 0.717) is 18.8 Å². The molecule has 1 heterocycles. The maximum Gasteiger partial charge on any atom is 0.267 e. The Morgan fingerprint density at radius 2 is 2.22 bits per heavy atom. The SMILES string of the molecule is Cc1cc(CN)ccc1CNC(=O)c1ccc[nH]1. The molecule has 0 unspecified atom stereocenters. The molecule has 0 saturated carbocycles. The van der Waals surface area contributed by atoms with Crippen LogP contribution in [0.4, 0.5) is 0 Å². The van der Waals surface area contributed by atoms with Gasteiger partial charge in [0.25, 0.3) is 5.91 Å². The summed E-state index contributed by atoms with van der Waals surface area (Å²) in [5.41, 5.74) is 9.51. The molecule has 1 aromatic carbocycles. The maximum absolute atomic E-state index is 11.8. The molecule has 0 bridgehead atoms. The van der Waals surface area contributed by atoms with Gasteiger partial charge in [0.05, 0.1) is 0 Å². The molecule has 0 fully saturated rings. The standard InChI is InChI=1S/C14H17N3O/c1-10-7-11(8-15)4-5-12(10)9-17-14(18)13-3-2-6-16-13/h2-7,16H,8-9,15H2,1H3,(H,17,18). The van der Waals surface area contributed by atoms with Gasteiger partial charge in [-0.1, -0.05) is 18.2 Å². The average molecular weight is 243 g/mol. The number of aryl methyl sites for hydroxylation is 1. The van der Waals surface area contributed by atoms with Crippen LogP contribution in [0.2, 0.25) is 0 Å². The van der Waals surface area contributed by atoms with E-state index in [0.717, 1.165) is 16.7 Å². The van der Waals surface area contributed by atoms with Gasteiger partial charge in [-0.25, -0.2) is 0 Å². The van der Waals surface area contributed by atoms with Gasteiger partial charge >= 0.3 is 0 Å². The Bertz CT molecular complexity index is 532. The second kappa shape index (κ2) is 5.51. The van der Waals surface area contributed by atoms with Crippen LogP contribution in [0.1, 0.15) is 27.2 Å². The number of amides is 1. The third kappa shape index (κ3) is 2.78.